The molecule has 138 valence electrons. The third-order valence-electron chi connectivity index (χ3n) is 4.95. The molecule has 2 heterocycles. The summed E-state index contributed by atoms with van der Waals surface area (Å²) in [5.74, 6) is 0.0459. The van der Waals surface area contributed by atoms with Gasteiger partial charge in [-0.2, -0.15) is 0 Å². The van der Waals surface area contributed by atoms with Crippen LogP contribution in [0.2, 0.25) is 0 Å². The molecular formula is C19H22N2O5. The van der Waals surface area contributed by atoms with E-state index in [9.17, 15) is 14.7 Å². The number of benzene rings is 1. The van der Waals surface area contributed by atoms with Crippen molar-refractivity contribution in [1.29, 1.82) is 0 Å². The number of nitrogens with zero attached hydrogens (tertiary/aromatic N) is 2. The van der Waals surface area contributed by atoms with Crippen LogP contribution >= 0.6 is 0 Å². The van der Waals surface area contributed by atoms with Gasteiger partial charge >= 0.3 is 5.97 Å². The maximum atomic E-state index is 12.9. The third kappa shape index (κ3) is 3.29. The summed E-state index contributed by atoms with van der Waals surface area (Å²) in [6.45, 7) is 6.18. The number of aliphatic carboxylic acids is 1. The van der Waals surface area contributed by atoms with E-state index in [1.807, 2.05) is 13.8 Å². The van der Waals surface area contributed by atoms with Crippen molar-refractivity contribution >= 4 is 11.9 Å². The standard InChI is InChI=1S/C19H22N2O5/c1-12-15(13(2)26-20-12)10-25-16-7-5-4-6-14(16)17(22)21-9-8-19(3,11-21)18(23)24/h4-7H,8-11H2,1-3H3,(H,23,24). The van der Waals surface area contributed by atoms with Gasteiger partial charge in [-0.05, 0) is 39.3 Å². The van der Waals surface area contributed by atoms with E-state index >= 15 is 0 Å². The Morgan fingerprint density at radius 3 is 2.69 bits per heavy atom. The molecule has 0 saturated carbocycles. The normalized spacial score (nSPS) is 19.6. The maximum absolute atomic E-state index is 12.9. The zero-order chi connectivity index (χ0) is 18.9. The number of amides is 1. The average molecular weight is 358 g/mol. The van der Waals surface area contributed by atoms with Crippen molar-refractivity contribution in [3.05, 3.63) is 46.8 Å². The zero-order valence-corrected chi connectivity index (χ0v) is 15.1. The quantitative estimate of drug-likeness (QED) is 0.883. The smallest absolute Gasteiger partial charge is 0.311 e. The number of likely N-dealkylation sites (tertiary alicyclic amines) is 1. The van der Waals surface area contributed by atoms with Crippen molar-refractivity contribution < 1.29 is 24.0 Å². The molecule has 3 rings (SSSR count). The van der Waals surface area contributed by atoms with E-state index in [0.29, 0.717) is 30.0 Å². The molecule has 1 unspecified atom stereocenters. The predicted octanol–water partition coefficient (Wildman–Crippen LogP) is 2.81. The van der Waals surface area contributed by atoms with Gasteiger partial charge in [0.15, 0.2) is 0 Å². The number of aryl methyl sites for hydroxylation is 2. The first-order chi connectivity index (χ1) is 12.3. The van der Waals surface area contributed by atoms with Crippen LogP contribution in [0.3, 0.4) is 0 Å². The van der Waals surface area contributed by atoms with Gasteiger partial charge in [-0.15, -0.1) is 0 Å². The number of carboxylic acid groups (broad SMARTS) is 1. The number of ether oxygens (including phenoxy) is 1. The van der Waals surface area contributed by atoms with Crippen LogP contribution in [0.5, 0.6) is 5.75 Å². The van der Waals surface area contributed by atoms with E-state index in [-0.39, 0.29) is 19.1 Å². The molecule has 1 aromatic carbocycles. The van der Waals surface area contributed by atoms with Gasteiger partial charge in [0.25, 0.3) is 5.91 Å². The topological polar surface area (TPSA) is 92.9 Å². The second kappa shape index (κ2) is 6.82. The molecular weight excluding hydrogens is 336 g/mol. The summed E-state index contributed by atoms with van der Waals surface area (Å²) in [7, 11) is 0. The minimum Gasteiger partial charge on any atom is -0.488 e. The predicted molar refractivity (Wildman–Crippen MR) is 93.0 cm³/mol. The highest BCUT2D eigenvalue weighted by molar-refractivity contribution is 5.97. The molecule has 0 bridgehead atoms. The second-order valence-electron chi connectivity index (χ2n) is 6.93. The molecule has 1 aromatic heterocycles. The lowest BCUT2D eigenvalue weighted by Crippen LogP contribution is -2.35. The number of carbonyl (C=O) groups excluding carboxylic acids is 1. The van der Waals surface area contributed by atoms with Crippen LogP contribution in [0.4, 0.5) is 0 Å². The largest absolute Gasteiger partial charge is 0.488 e. The highest BCUT2D eigenvalue weighted by Gasteiger charge is 2.42. The van der Waals surface area contributed by atoms with Crippen LogP contribution in [0.25, 0.3) is 0 Å². The second-order valence-corrected chi connectivity index (χ2v) is 6.93. The third-order valence-corrected chi connectivity index (χ3v) is 4.95. The molecule has 0 radical (unpaired) electrons. The highest BCUT2D eigenvalue weighted by atomic mass is 16.5. The first kappa shape index (κ1) is 18.0. The Kier molecular flexibility index (Phi) is 4.71. The van der Waals surface area contributed by atoms with E-state index in [0.717, 1.165) is 11.3 Å². The minimum atomic E-state index is -0.901. The summed E-state index contributed by atoms with van der Waals surface area (Å²) in [6, 6.07) is 6.99. The number of carbonyl (C=O) groups is 2. The molecule has 1 saturated heterocycles. The Labute approximate surface area is 151 Å². The number of hydrogen-bond acceptors (Lipinski definition) is 5. The summed E-state index contributed by atoms with van der Waals surface area (Å²) in [5.41, 5.74) is 1.13. The molecule has 2 aromatic rings. The molecule has 1 aliphatic rings. The molecule has 0 spiro atoms. The SMILES string of the molecule is Cc1noc(C)c1COc1ccccc1C(=O)N1CCC(C)(C(=O)O)C1. The van der Waals surface area contributed by atoms with E-state index in [2.05, 4.69) is 5.16 Å². The molecule has 7 nitrogen and oxygen atoms in total. The molecule has 26 heavy (non-hydrogen) atoms. The van der Waals surface area contributed by atoms with E-state index in [1.54, 1.807) is 36.1 Å². The lowest BCUT2D eigenvalue weighted by atomic mass is 9.90. The van der Waals surface area contributed by atoms with Gasteiger partial charge in [-0.1, -0.05) is 17.3 Å². The summed E-state index contributed by atoms with van der Waals surface area (Å²) < 4.78 is 11.0. The summed E-state index contributed by atoms with van der Waals surface area (Å²) in [5, 5.41) is 13.3. The molecule has 1 N–H and O–H groups in total. The van der Waals surface area contributed by atoms with Crippen LogP contribution < -0.4 is 4.74 Å². The summed E-state index contributed by atoms with van der Waals surface area (Å²) in [6.07, 6.45) is 0.441. The molecule has 1 atom stereocenters. The Morgan fingerprint density at radius 1 is 1.35 bits per heavy atom. The summed E-state index contributed by atoms with van der Waals surface area (Å²) >= 11 is 0. The first-order valence-corrected chi connectivity index (χ1v) is 8.48. The maximum Gasteiger partial charge on any atom is 0.311 e. The fourth-order valence-corrected chi connectivity index (χ4v) is 3.11. The van der Waals surface area contributed by atoms with Gasteiger partial charge in [-0.25, -0.2) is 0 Å². The van der Waals surface area contributed by atoms with Crippen LogP contribution in [-0.2, 0) is 11.4 Å². The van der Waals surface area contributed by atoms with E-state index in [1.165, 1.54) is 0 Å². The van der Waals surface area contributed by atoms with Gasteiger partial charge < -0.3 is 19.3 Å². The Bertz CT molecular complexity index is 825. The van der Waals surface area contributed by atoms with Gasteiger partial charge in [0.2, 0.25) is 0 Å². The van der Waals surface area contributed by atoms with Crippen molar-refractivity contribution in [1.82, 2.24) is 10.1 Å². The number of hydrogen-bond donors (Lipinski definition) is 1. The van der Waals surface area contributed by atoms with Crippen molar-refractivity contribution in [2.45, 2.75) is 33.8 Å². The van der Waals surface area contributed by atoms with Crippen LogP contribution in [-0.4, -0.2) is 40.1 Å². The highest BCUT2D eigenvalue weighted by Crippen LogP contribution is 2.32. The molecule has 1 fully saturated rings. The number of rotatable bonds is 5. The fraction of sp³-hybridized carbons (Fsp3) is 0.421. The molecule has 1 amide bonds. The van der Waals surface area contributed by atoms with Crippen LogP contribution in [0.15, 0.2) is 28.8 Å². The summed E-state index contributed by atoms with van der Waals surface area (Å²) in [4.78, 5) is 25.9. The van der Waals surface area contributed by atoms with Crippen molar-refractivity contribution in [3.63, 3.8) is 0 Å². The molecule has 0 aliphatic carbocycles. The van der Waals surface area contributed by atoms with Gasteiger partial charge in [-0.3, -0.25) is 9.59 Å². The van der Waals surface area contributed by atoms with Crippen molar-refractivity contribution in [2.24, 2.45) is 5.41 Å². The lowest BCUT2D eigenvalue weighted by molar-refractivity contribution is -0.147. The Hall–Kier alpha value is -2.83. The van der Waals surface area contributed by atoms with Crippen molar-refractivity contribution in [2.75, 3.05) is 13.1 Å². The molecule has 7 heteroatoms. The van der Waals surface area contributed by atoms with Crippen LogP contribution in [0, 0.1) is 19.3 Å². The van der Waals surface area contributed by atoms with Gasteiger partial charge in [0.1, 0.15) is 18.1 Å². The lowest BCUT2D eigenvalue weighted by Gasteiger charge is -2.21. The Balaban J connectivity index is 1.77. The monoisotopic (exact) mass is 358 g/mol. The first-order valence-electron chi connectivity index (χ1n) is 8.48. The molecule has 1 aliphatic heterocycles. The van der Waals surface area contributed by atoms with Gasteiger partial charge in [0, 0.05) is 13.1 Å². The Morgan fingerprint density at radius 2 is 2.08 bits per heavy atom. The number of aromatic nitrogens is 1. The van der Waals surface area contributed by atoms with Crippen molar-refractivity contribution in [3.8, 4) is 5.75 Å². The van der Waals surface area contributed by atoms with Gasteiger partial charge in [0.05, 0.1) is 22.2 Å². The fourth-order valence-electron chi connectivity index (χ4n) is 3.11. The van der Waals surface area contributed by atoms with Crippen LogP contribution in [0.1, 0.15) is 40.7 Å². The average Bonchev–Trinajstić information content (AvgIpc) is 3.17. The number of carboxylic acids is 1. The minimum absolute atomic E-state index is 0.194. The van der Waals surface area contributed by atoms with E-state index < -0.39 is 11.4 Å². The number of para-hydroxylation sites is 1. The van der Waals surface area contributed by atoms with E-state index in [4.69, 9.17) is 9.26 Å². The zero-order valence-electron chi connectivity index (χ0n) is 15.1.